The van der Waals surface area contributed by atoms with Gasteiger partial charge in [0.1, 0.15) is 6.29 Å². The molecule has 0 heterocycles. The molecule has 0 saturated heterocycles. The number of hydrogen-bond donors (Lipinski definition) is 0. The van der Waals surface area contributed by atoms with Crippen LogP contribution in [0, 0.1) is 10.8 Å². The van der Waals surface area contributed by atoms with Gasteiger partial charge in [-0.3, -0.25) is 0 Å². The maximum Gasteiger partial charge on any atom is 0.130 e. The third-order valence-electron chi connectivity index (χ3n) is 2.98. The highest BCUT2D eigenvalue weighted by atomic mass is 16.1. The van der Waals surface area contributed by atoms with Crippen molar-refractivity contribution in [3.05, 3.63) is 12.2 Å². The van der Waals surface area contributed by atoms with E-state index in [4.69, 9.17) is 0 Å². The molecule has 0 bridgehead atoms. The Morgan fingerprint density at radius 1 is 1.42 bits per heavy atom. The van der Waals surface area contributed by atoms with Gasteiger partial charge in [0.05, 0.1) is 0 Å². The van der Waals surface area contributed by atoms with Crippen molar-refractivity contribution in [2.75, 3.05) is 0 Å². The Hall–Kier alpha value is -0.590. The van der Waals surface area contributed by atoms with Gasteiger partial charge in [-0.15, -0.1) is 0 Å². The second kappa shape index (κ2) is 3.04. The number of aldehydes is 1. The third-order valence-corrected chi connectivity index (χ3v) is 2.98. The van der Waals surface area contributed by atoms with Gasteiger partial charge in [0.25, 0.3) is 0 Å². The van der Waals surface area contributed by atoms with Gasteiger partial charge in [-0.05, 0) is 24.7 Å². The standard InChI is InChI=1S/C11H18O/c1-10(2,3)11(9-12)7-5-4-6-8-11/h5,7,9H,4,6,8H2,1-3H3. The van der Waals surface area contributed by atoms with Crippen LogP contribution in [0.3, 0.4) is 0 Å². The Morgan fingerprint density at radius 3 is 2.33 bits per heavy atom. The van der Waals surface area contributed by atoms with Gasteiger partial charge >= 0.3 is 0 Å². The second-order valence-electron chi connectivity index (χ2n) is 4.70. The first-order valence-electron chi connectivity index (χ1n) is 4.66. The van der Waals surface area contributed by atoms with E-state index in [0.29, 0.717) is 0 Å². The molecular weight excluding hydrogens is 148 g/mol. The molecule has 0 fully saturated rings. The topological polar surface area (TPSA) is 17.1 Å². The first-order chi connectivity index (χ1) is 5.52. The van der Waals surface area contributed by atoms with Crippen molar-refractivity contribution in [2.45, 2.75) is 40.0 Å². The molecular formula is C11H18O. The van der Waals surface area contributed by atoms with Crippen LogP contribution >= 0.6 is 0 Å². The lowest BCUT2D eigenvalue weighted by molar-refractivity contribution is -0.119. The van der Waals surface area contributed by atoms with E-state index in [1.807, 2.05) is 0 Å². The molecule has 0 aromatic rings. The molecule has 0 radical (unpaired) electrons. The van der Waals surface area contributed by atoms with Gasteiger partial charge in [-0.2, -0.15) is 0 Å². The van der Waals surface area contributed by atoms with E-state index in [1.165, 1.54) is 0 Å². The summed E-state index contributed by atoms with van der Waals surface area (Å²) in [7, 11) is 0. The van der Waals surface area contributed by atoms with Gasteiger partial charge < -0.3 is 4.79 Å². The molecule has 68 valence electrons. The van der Waals surface area contributed by atoms with Gasteiger partial charge in [0.15, 0.2) is 0 Å². The van der Waals surface area contributed by atoms with Crippen LogP contribution in [0.1, 0.15) is 40.0 Å². The zero-order valence-electron chi connectivity index (χ0n) is 8.26. The molecule has 0 aliphatic heterocycles. The summed E-state index contributed by atoms with van der Waals surface area (Å²) in [6, 6.07) is 0. The van der Waals surface area contributed by atoms with Gasteiger partial charge in [-0.25, -0.2) is 0 Å². The Labute approximate surface area is 74.9 Å². The minimum atomic E-state index is -0.203. The predicted octanol–water partition coefficient (Wildman–Crippen LogP) is 2.96. The molecule has 1 aliphatic rings. The summed E-state index contributed by atoms with van der Waals surface area (Å²) in [5.74, 6) is 0. The van der Waals surface area contributed by atoms with Crippen LogP contribution in [0.2, 0.25) is 0 Å². The zero-order chi connectivity index (χ0) is 9.24. The molecule has 1 aliphatic carbocycles. The van der Waals surface area contributed by atoms with E-state index in [1.54, 1.807) is 0 Å². The molecule has 0 aromatic heterocycles. The Bertz CT molecular complexity index is 198. The number of hydrogen-bond acceptors (Lipinski definition) is 1. The smallest absolute Gasteiger partial charge is 0.130 e. The van der Waals surface area contributed by atoms with Crippen molar-refractivity contribution < 1.29 is 4.79 Å². The Morgan fingerprint density at radius 2 is 2.08 bits per heavy atom. The van der Waals surface area contributed by atoms with Crippen LogP contribution in [0.25, 0.3) is 0 Å². The molecule has 0 spiro atoms. The lowest BCUT2D eigenvalue weighted by Gasteiger charge is -2.39. The maximum absolute atomic E-state index is 11.1. The zero-order valence-corrected chi connectivity index (χ0v) is 8.26. The lowest BCUT2D eigenvalue weighted by atomic mass is 9.63. The minimum Gasteiger partial charge on any atom is -0.302 e. The van der Waals surface area contributed by atoms with Crippen molar-refractivity contribution in [3.63, 3.8) is 0 Å². The van der Waals surface area contributed by atoms with Crippen LogP contribution in [0.15, 0.2) is 12.2 Å². The molecule has 1 rings (SSSR count). The molecule has 1 unspecified atom stereocenters. The largest absolute Gasteiger partial charge is 0.302 e. The predicted molar refractivity (Wildman–Crippen MR) is 50.9 cm³/mol. The van der Waals surface area contributed by atoms with Crippen molar-refractivity contribution in [1.82, 2.24) is 0 Å². The van der Waals surface area contributed by atoms with Crippen LogP contribution in [0.4, 0.5) is 0 Å². The minimum absolute atomic E-state index is 0.0612. The maximum atomic E-state index is 11.1. The molecule has 0 amide bonds. The molecule has 1 nitrogen and oxygen atoms in total. The van der Waals surface area contributed by atoms with Crippen molar-refractivity contribution in [1.29, 1.82) is 0 Å². The molecule has 1 atom stereocenters. The number of carbonyl (C=O) groups is 1. The Balaban J connectivity index is 2.96. The fourth-order valence-electron chi connectivity index (χ4n) is 1.79. The summed E-state index contributed by atoms with van der Waals surface area (Å²) in [6.45, 7) is 6.41. The van der Waals surface area contributed by atoms with Gasteiger partial charge in [0.2, 0.25) is 0 Å². The fraction of sp³-hybridized carbons (Fsp3) is 0.727. The molecule has 12 heavy (non-hydrogen) atoms. The molecule has 0 saturated carbocycles. The SMILES string of the molecule is CC(C)(C)C1(C=O)C=CCCC1. The number of allylic oxidation sites excluding steroid dienone is 2. The summed E-state index contributed by atoms with van der Waals surface area (Å²) in [5.41, 5.74) is -0.142. The van der Waals surface area contributed by atoms with E-state index in [2.05, 4.69) is 32.9 Å². The summed E-state index contributed by atoms with van der Waals surface area (Å²) >= 11 is 0. The van der Waals surface area contributed by atoms with Crippen LogP contribution in [-0.2, 0) is 4.79 Å². The lowest BCUT2D eigenvalue weighted by Crippen LogP contribution is -2.36. The normalized spacial score (nSPS) is 30.2. The quantitative estimate of drug-likeness (QED) is 0.432. The molecule has 0 N–H and O–H groups in total. The van der Waals surface area contributed by atoms with Gasteiger partial charge in [-0.1, -0.05) is 32.9 Å². The monoisotopic (exact) mass is 166 g/mol. The van der Waals surface area contributed by atoms with Gasteiger partial charge in [0, 0.05) is 5.41 Å². The first kappa shape index (κ1) is 9.50. The van der Waals surface area contributed by atoms with E-state index in [9.17, 15) is 4.79 Å². The van der Waals surface area contributed by atoms with E-state index >= 15 is 0 Å². The van der Waals surface area contributed by atoms with Crippen LogP contribution < -0.4 is 0 Å². The first-order valence-corrected chi connectivity index (χ1v) is 4.66. The average Bonchev–Trinajstić information content (AvgIpc) is 2.04. The highest BCUT2D eigenvalue weighted by Crippen LogP contribution is 2.44. The molecule has 0 aromatic carbocycles. The number of carbonyl (C=O) groups excluding carboxylic acids is 1. The van der Waals surface area contributed by atoms with Crippen molar-refractivity contribution in [3.8, 4) is 0 Å². The summed E-state index contributed by atoms with van der Waals surface area (Å²) in [6.07, 6.45) is 8.66. The summed E-state index contributed by atoms with van der Waals surface area (Å²) < 4.78 is 0. The third kappa shape index (κ3) is 1.45. The van der Waals surface area contributed by atoms with Crippen LogP contribution in [0.5, 0.6) is 0 Å². The van der Waals surface area contributed by atoms with E-state index in [-0.39, 0.29) is 10.8 Å². The van der Waals surface area contributed by atoms with Crippen molar-refractivity contribution in [2.24, 2.45) is 10.8 Å². The summed E-state index contributed by atoms with van der Waals surface area (Å²) in [4.78, 5) is 11.1. The average molecular weight is 166 g/mol. The highest BCUT2D eigenvalue weighted by molar-refractivity contribution is 5.64. The van der Waals surface area contributed by atoms with E-state index in [0.717, 1.165) is 25.5 Å². The van der Waals surface area contributed by atoms with Crippen LogP contribution in [-0.4, -0.2) is 6.29 Å². The second-order valence-corrected chi connectivity index (χ2v) is 4.70. The van der Waals surface area contributed by atoms with Crippen molar-refractivity contribution >= 4 is 6.29 Å². The fourth-order valence-corrected chi connectivity index (χ4v) is 1.79. The Kier molecular flexibility index (Phi) is 2.41. The molecule has 1 heteroatoms. The highest BCUT2D eigenvalue weighted by Gasteiger charge is 2.39. The number of rotatable bonds is 1. The summed E-state index contributed by atoms with van der Waals surface area (Å²) in [5, 5.41) is 0. The van der Waals surface area contributed by atoms with E-state index < -0.39 is 0 Å².